The van der Waals surface area contributed by atoms with Crippen LogP contribution in [0.5, 0.6) is 11.5 Å². The van der Waals surface area contributed by atoms with Crippen LogP contribution in [0.4, 0.5) is 11.4 Å². The molecule has 0 bridgehead atoms. The van der Waals surface area contributed by atoms with Gasteiger partial charge in [-0.15, -0.1) is 0 Å². The minimum absolute atomic E-state index is 0.274. The summed E-state index contributed by atoms with van der Waals surface area (Å²) in [6, 6.07) is 26.3. The van der Waals surface area contributed by atoms with Gasteiger partial charge in [0.1, 0.15) is 18.3 Å². The molecule has 0 saturated heterocycles. The molecule has 8 nitrogen and oxygen atoms in total. The smallest absolute Gasteiger partial charge is 0.235 e. The van der Waals surface area contributed by atoms with E-state index < -0.39 is 41.0 Å². The van der Waals surface area contributed by atoms with Crippen LogP contribution in [-0.2, 0) is 33.8 Å². The summed E-state index contributed by atoms with van der Waals surface area (Å²) in [5.41, 5.74) is 3.80. The third-order valence-corrected chi connectivity index (χ3v) is 9.84. The first-order valence-electron chi connectivity index (χ1n) is 16.6. The van der Waals surface area contributed by atoms with Crippen LogP contribution in [0, 0.1) is 18.8 Å². The number of aryl methyl sites for hydroxylation is 3. The van der Waals surface area contributed by atoms with Gasteiger partial charge < -0.3 is 25.2 Å². The number of halogens is 1. The Balaban J connectivity index is 1.61. The zero-order valence-corrected chi connectivity index (χ0v) is 30.1. The number of Topliss-reactive ketones (excluding diaryl/α,β-unsaturated/α-hetero) is 1. The Hall–Kier alpha value is -4.47. The van der Waals surface area contributed by atoms with Crippen LogP contribution < -0.4 is 20.1 Å². The number of hydrogen-bond acceptors (Lipinski definition) is 6. The molecule has 4 unspecified atom stereocenters. The zero-order valence-electron chi connectivity index (χ0n) is 28.5. The molecule has 49 heavy (non-hydrogen) atoms. The molecule has 4 aromatic rings. The maximum Gasteiger partial charge on any atom is 0.235 e. The largest absolute Gasteiger partial charge is 0.493 e. The average molecular weight is 728 g/mol. The molecule has 0 radical (unpaired) electrons. The van der Waals surface area contributed by atoms with Gasteiger partial charge in [0.25, 0.3) is 0 Å². The summed E-state index contributed by atoms with van der Waals surface area (Å²) in [5.74, 6) is -4.28. The van der Waals surface area contributed by atoms with Gasteiger partial charge in [-0.3, -0.25) is 14.4 Å². The Bertz CT molecular complexity index is 1850. The average Bonchev–Trinajstić information content (AvgIpc) is 3.07. The molecule has 256 valence electrons. The van der Waals surface area contributed by atoms with E-state index in [1.807, 2.05) is 81.4 Å². The Morgan fingerprint density at radius 1 is 0.898 bits per heavy atom. The Morgan fingerprint density at radius 3 is 2.10 bits per heavy atom. The number of ketones is 1. The van der Waals surface area contributed by atoms with Gasteiger partial charge in [0.15, 0.2) is 11.5 Å². The lowest BCUT2D eigenvalue weighted by Gasteiger charge is -2.44. The van der Waals surface area contributed by atoms with Crippen LogP contribution in [0.2, 0.25) is 0 Å². The number of carbonyl (C=O) groups is 3. The molecule has 0 aliphatic heterocycles. The predicted molar refractivity (Wildman–Crippen MR) is 195 cm³/mol. The van der Waals surface area contributed by atoms with Gasteiger partial charge in [0, 0.05) is 23.7 Å². The summed E-state index contributed by atoms with van der Waals surface area (Å²) in [7, 11) is 1.50. The monoisotopic (exact) mass is 726 g/mol. The van der Waals surface area contributed by atoms with Crippen molar-refractivity contribution in [1.29, 1.82) is 0 Å². The lowest BCUT2D eigenvalue weighted by atomic mass is 9.61. The molecule has 2 amide bonds. The van der Waals surface area contributed by atoms with Crippen LogP contribution in [-0.4, -0.2) is 35.4 Å². The fraction of sp³-hybridized carbons (Fsp3) is 0.325. The number of aliphatic hydroxyl groups is 1. The van der Waals surface area contributed by atoms with E-state index >= 15 is 0 Å². The molecule has 9 heteroatoms. The van der Waals surface area contributed by atoms with Gasteiger partial charge in [0.05, 0.1) is 23.1 Å². The molecular formula is C40H43BrN2O6. The number of rotatable bonds is 11. The van der Waals surface area contributed by atoms with E-state index in [1.54, 1.807) is 24.3 Å². The van der Waals surface area contributed by atoms with E-state index in [0.717, 1.165) is 22.3 Å². The van der Waals surface area contributed by atoms with E-state index in [-0.39, 0.29) is 13.0 Å². The van der Waals surface area contributed by atoms with Crippen LogP contribution >= 0.6 is 15.9 Å². The second-order valence-corrected chi connectivity index (χ2v) is 13.6. The van der Waals surface area contributed by atoms with Crippen molar-refractivity contribution in [2.75, 3.05) is 17.7 Å². The number of nitrogens with one attached hydrogen (secondary N) is 2. The molecule has 4 atom stereocenters. The van der Waals surface area contributed by atoms with E-state index in [0.29, 0.717) is 45.8 Å². The quantitative estimate of drug-likeness (QED) is 0.136. The Morgan fingerprint density at radius 2 is 1.51 bits per heavy atom. The number of anilines is 2. The topological polar surface area (TPSA) is 114 Å². The molecule has 5 rings (SSSR count). The minimum atomic E-state index is -1.77. The number of ether oxygens (including phenoxy) is 2. The van der Waals surface area contributed by atoms with Crippen molar-refractivity contribution in [3.63, 3.8) is 0 Å². The molecule has 1 saturated carbocycles. The number of benzene rings is 4. The van der Waals surface area contributed by atoms with Crippen molar-refractivity contribution in [3.8, 4) is 11.5 Å². The third kappa shape index (κ3) is 7.89. The van der Waals surface area contributed by atoms with Crippen molar-refractivity contribution in [2.24, 2.45) is 11.8 Å². The summed E-state index contributed by atoms with van der Waals surface area (Å²) in [5, 5.41) is 17.9. The van der Waals surface area contributed by atoms with E-state index in [9.17, 15) is 19.5 Å². The minimum Gasteiger partial charge on any atom is -0.493 e. The molecule has 0 heterocycles. The number of methoxy groups -OCH3 is 1. The first kappa shape index (κ1) is 35.8. The molecule has 3 N–H and O–H groups in total. The number of carbonyl (C=O) groups excluding carboxylic acids is 3. The van der Waals surface area contributed by atoms with Crippen LogP contribution in [0.25, 0.3) is 0 Å². The van der Waals surface area contributed by atoms with E-state index in [2.05, 4.69) is 26.6 Å². The maximum absolute atomic E-state index is 14.4. The van der Waals surface area contributed by atoms with Crippen LogP contribution in [0.3, 0.4) is 0 Å². The highest BCUT2D eigenvalue weighted by Crippen LogP contribution is 2.49. The normalized spacial score (nSPS) is 20.4. The van der Waals surface area contributed by atoms with Gasteiger partial charge in [-0.1, -0.05) is 80.1 Å². The summed E-state index contributed by atoms with van der Waals surface area (Å²) < 4.78 is 12.5. The fourth-order valence-electron chi connectivity index (χ4n) is 6.84. The molecule has 4 aromatic carbocycles. The van der Waals surface area contributed by atoms with E-state index in [4.69, 9.17) is 9.47 Å². The third-order valence-electron chi connectivity index (χ3n) is 9.25. The molecule has 1 fully saturated rings. The number of para-hydroxylation sites is 2. The van der Waals surface area contributed by atoms with Crippen LogP contribution in [0.1, 0.15) is 60.9 Å². The Kier molecular flexibility index (Phi) is 11.3. The maximum atomic E-state index is 14.4. The highest BCUT2D eigenvalue weighted by molar-refractivity contribution is 9.10. The van der Waals surface area contributed by atoms with Gasteiger partial charge in [-0.2, -0.15) is 0 Å². The lowest BCUT2D eigenvalue weighted by molar-refractivity contribution is -0.150. The lowest BCUT2D eigenvalue weighted by Crippen LogP contribution is -2.56. The number of hydrogen-bond donors (Lipinski definition) is 3. The first-order valence-corrected chi connectivity index (χ1v) is 17.3. The molecule has 1 aliphatic carbocycles. The van der Waals surface area contributed by atoms with Crippen molar-refractivity contribution >= 4 is 44.9 Å². The molecule has 0 aromatic heterocycles. The molecule has 0 spiro atoms. The van der Waals surface area contributed by atoms with Crippen molar-refractivity contribution in [2.45, 2.75) is 65.1 Å². The van der Waals surface area contributed by atoms with Crippen molar-refractivity contribution in [3.05, 3.63) is 117 Å². The second-order valence-electron chi connectivity index (χ2n) is 12.8. The summed E-state index contributed by atoms with van der Waals surface area (Å²) in [4.78, 5) is 42.6. The van der Waals surface area contributed by atoms with Crippen LogP contribution in [0.15, 0.2) is 89.4 Å². The highest BCUT2D eigenvalue weighted by atomic mass is 79.9. The summed E-state index contributed by atoms with van der Waals surface area (Å²) in [6.45, 7) is 7.74. The van der Waals surface area contributed by atoms with Gasteiger partial charge in [-0.05, 0) is 89.1 Å². The first-order chi connectivity index (χ1) is 23.5. The molecular weight excluding hydrogens is 684 g/mol. The summed E-state index contributed by atoms with van der Waals surface area (Å²) in [6.07, 6.45) is 0.971. The predicted octanol–water partition coefficient (Wildman–Crippen LogP) is 7.79. The zero-order chi connectivity index (χ0) is 35.3. The van der Waals surface area contributed by atoms with Crippen molar-refractivity contribution in [1.82, 2.24) is 0 Å². The van der Waals surface area contributed by atoms with Gasteiger partial charge in [0.2, 0.25) is 11.8 Å². The standard InChI is InChI=1S/C40H43BrN2O6/c1-6-26-15-8-10-17-30(26)42-38(45)35-32(44)22-40(4,47)36(39(46)43-31-18-11-9-16-27(31)7-2)34(35)28-20-29(41)37(33(21-28)48-5)49-23-25-14-12-13-24(3)19-25/h8-21,34-36,47H,6-7,22-23H2,1-5H3,(H,42,45)(H,43,46). The number of amides is 2. The fourth-order valence-corrected chi connectivity index (χ4v) is 7.42. The summed E-state index contributed by atoms with van der Waals surface area (Å²) >= 11 is 3.64. The Labute approximate surface area is 296 Å². The van der Waals surface area contributed by atoms with E-state index in [1.165, 1.54) is 14.0 Å². The SMILES string of the molecule is CCc1ccccc1NC(=O)C1C(=O)CC(C)(O)C(C(=O)Nc2ccccc2CC)C1c1cc(Br)c(OCc2cccc(C)c2)c(OC)c1. The van der Waals surface area contributed by atoms with Crippen molar-refractivity contribution < 1.29 is 29.0 Å². The second kappa shape index (κ2) is 15.4. The highest BCUT2D eigenvalue weighted by Gasteiger charge is 2.56. The van der Waals surface area contributed by atoms with Gasteiger partial charge in [-0.25, -0.2) is 0 Å². The molecule has 1 aliphatic rings. The van der Waals surface area contributed by atoms with Gasteiger partial charge >= 0.3 is 0 Å².